The Kier molecular flexibility index (Phi) is 3.17. The van der Waals surface area contributed by atoms with Crippen molar-refractivity contribution in [2.45, 2.75) is 44.2 Å². The predicted molar refractivity (Wildman–Crippen MR) is 70.7 cm³/mol. The van der Waals surface area contributed by atoms with Crippen molar-refractivity contribution in [3.63, 3.8) is 0 Å². The van der Waals surface area contributed by atoms with Crippen LogP contribution in [0.1, 0.15) is 32.1 Å². The molecular formula is C15H18FNO2. The summed E-state index contributed by atoms with van der Waals surface area (Å²) >= 11 is 0. The van der Waals surface area contributed by atoms with Gasteiger partial charge < -0.3 is 10.0 Å². The Morgan fingerprint density at radius 2 is 1.89 bits per heavy atom. The number of piperidine rings is 1. The summed E-state index contributed by atoms with van der Waals surface area (Å²) in [4.78, 5) is 13.0. The summed E-state index contributed by atoms with van der Waals surface area (Å²) < 4.78 is 13.9. The number of para-hydroxylation sites is 1. The summed E-state index contributed by atoms with van der Waals surface area (Å²) in [6.45, 7) is 0. The van der Waals surface area contributed by atoms with Gasteiger partial charge >= 0.3 is 5.97 Å². The van der Waals surface area contributed by atoms with E-state index in [0.29, 0.717) is 17.8 Å². The third-order valence-corrected chi connectivity index (χ3v) is 4.42. The number of carboxylic acids is 1. The van der Waals surface area contributed by atoms with Gasteiger partial charge in [0, 0.05) is 18.5 Å². The summed E-state index contributed by atoms with van der Waals surface area (Å²) in [6, 6.07) is 7.51. The highest BCUT2D eigenvalue weighted by molar-refractivity contribution is 5.67. The van der Waals surface area contributed by atoms with Crippen molar-refractivity contribution in [1.82, 2.24) is 0 Å². The van der Waals surface area contributed by atoms with E-state index < -0.39 is 5.97 Å². The summed E-state index contributed by atoms with van der Waals surface area (Å²) in [5, 5.41) is 8.91. The van der Waals surface area contributed by atoms with Gasteiger partial charge in [-0.3, -0.25) is 4.79 Å². The van der Waals surface area contributed by atoms with E-state index in [1.807, 2.05) is 12.1 Å². The Morgan fingerprint density at radius 3 is 2.47 bits per heavy atom. The number of carbonyl (C=O) groups is 1. The van der Waals surface area contributed by atoms with Crippen LogP contribution in [0.25, 0.3) is 0 Å². The predicted octanol–water partition coefficient (Wildman–Crippen LogP) is 3.05. The van der Waals surface area contributed by atoms with Crippen LogP contribution in [0.5, 0.6) is 0 Å². The number of aliphatic carboxylic acids is 1. The number of anilines is 1. The zero-order valence-electron chi connectivity index (χ0n) is 10.8. The minimum Gasteiger partial charge on any atom is -0.481 e. The van der Waals surface area contributed by atoms with Gasteiger partial charge in [0.1, 0.15) is 5.82 Å². The highest BCUT2D eigenvalue weighted by Crippen LogP contribution is 2.43. The number of hydrogen-bond acceptors (Lipinski definition) is 2. The molecule has 102 valence electrons. The quantitative estimate of drug-likeness (QED) is 0.911. The highest BCUT2D eigenvalue weighted by atomic mass is 19.1. The number of hydrogen-bond donors (Lipinski definition) is 1. The van der Waals surface area contributed by atoms with E-state index in [4.69, 9.17) is 5.11 Å². The van der Waals surface area contributed by atoms with Crippen LogP contribution in [-0.2, 0) is 4.79 Å². The molecule has 4 heteroatoms. The topological polar surface area (TPSA) is 40.5 Å². The van der Waals surface area contributed by atoms with E-state index in [1.165, 1.54) is 6.07 Å². The van der Waals surface area contributed by atoms with E-state index >= 15 is 0 Å². The fraction of sp³-hybridized carbons (Fsp3) is 0.533. The van der Waals surface area contributed by atoms with Crippen molar-refractivity contribution in [2.75, 3.05) is 4.90 Å². The first-order valence-corrected chi connectivity index (χ1v) is 6.90. The fourth-order valence-corrected chi connectivity index (χ4v) is 3.76. The lowest BCUT2D eigenvalue weighted by Crippen LogP contribution is -2.43. The maximum absolute atomic E-state index is 13.9. The standard InChI is InChI=1S/C15H18FNO2/c16-13-3-1-2-4-14(13)17-11-5-6-12(17)8-10(7-11)9-15(18)19/h1-4,10-12H,5-9H2,(H,18,19). The Balaban J connectivity index is 1.80. The third kappa shape index (κ3) is 2.31. The molecule has 2 heterocycles. The van der Waals surface area contributed by atoms with Gasteiger partial charge in [0.05, 0.1) is 5.69 Å². The fourth-order valence-electron chi connectivity index (χ4n) is 3.76. The second-order valence-electron chi connectivity index (χ2n) is 5.68. The summed E-state index contributed by atoms with van der Waals surface area (Å²) in [6.07, 6.45) is 4.09. The van der Waals surface area contributed by atoms with E-state index in [9.17, 15) is 9.18 Å². The first-order chi connectivity index (χ1) is 9.15. The van der Waals surface area contributed by atoms with Crippen LogP contribution in [0.3, 0.4) is 0 Å². The van der Waals surface area contributed by atoms with Gasteiger partial charge in [-0.1, -0.05) is 12.1 Å². The van der Waals surface area contributed by atoms with Gasteiger partial charge in [-0.05, 0) is 43.7 Å². The summed E-state index contributed by atoms with van der Waals surface area (Å²) in [5.74, 6) is -0.641. The molecule has 0 saturated carbocycles. The average molecular weight is 263 g/mol. The smallest absolute Gasteiger partial charge is 0.303 e. The van der Waals surface area contributed by atoms with E-state index in [1.54, 1.807) is 6.07 Å². The lowest BCUT2D eigenvalue weighted by atomic mass is 9.88. The molecule has 0 aromatic heterocycles. The molecule has 2 saturated heterocycles. The molecule has 1 aromatic rings. The molecule has 3 rings (SSSR count). The van der Waals surface area contributed by atoms with Crippen LogP contribution in [0.2, 0.25) is 0 Å². The molecule has 1 aromatic carbocycles. The van der Waals surface area contributed by atoms with Crippen LogP contribution < -0.4 is 4.90 Å². The number of benzene rings is 1. The molecule has 2 aliphatic heterocycles. The highest BCUT2D eigenvalue weighted by Gasteiger charge is 2.41. The van der Waals surface area contributed by atoms with Gasteiger partial charge in [0.15, 0.2) is 0 Å². The van der Waals surface area contributed by atoms with Crippen molar-refractivity contribution < 1.29 is 14.3 Å². The minimum absolute atomic E-state index is 0.170. The second kappa shape index (κ2) is 4.83. The molecule has 3 nitrogen and oxygen atoms in total. The number of nitrogens with zero attached hydrogens (tertiary/aromatic N) is 1. The molecular weight excluding hydrogens is 245 g/mol. The normalized spacial score (nSPS) is 29.5. The average Bonchev–Trinajstić information content (AvgIpc) is 2.62. The molecule has 0 amide bonds. The SMILES string of the molecule is O=C(O)CC1CC2CCC(C1)N2c1ccccc1F. The molecule has 2 unspecified atom stereocenters. The summed E-state index contributed by atoms with van der Waals surface area (Å²) in [7, 11) is 0. The maximum Gasteiger partial charge on any atom is 0.303 e. The van der Waals surface area contributed by atoms with Crippen LogP contribution in [0.15, 0.2) is 24.3 Å². The third-order valence-electron chi connectivity index (χ3n) is 4.42. The van der Waals surface area contributed by atoms with Gasteiger partial charge in [0.2, 0.25) is 0 Å². The van der Waals surface area contributed by atoms with E-state index in [0.717, 1.165) is 25.7 Å². The lowest BCUT2D eigenvalue weighted by molar-refractivity contribution is -0.138. The zero-order valence-corrected chi connectivity index (χ0v) is 10.8. The van der Waals surface area contributed by atoms with Crippen molar-refractivity contribution in [2.24, 2.45) is 5.92 Å². The summed E-state index contributed by atoms with van der Waals surface area (Å²) in [5.41, 5.74) is 0.684. The first kappa shape index (κ1) is 12.5. The van der Waals surface area contributed by atoms with Crippen LogP contribution in [0.4, 0.5) is 10.1 Å². The van der Waals surface area contributed by atoms with Gasteiger partial charge in [-0.25, -0.2) is 4.39 Å². The van der Waals surface area contributed by atoms with Gasteiger partial charge in [0.25, 0.3) is 0 Å². The van der Waals surface area contributed by atoms with Gasteiger partial charge in [-0.2, -0.15) is 0 Å². The number of carboxylic acid groups (broad SMARTS) is 1. The van der Waals surface area contributed by atoms with Crippen LogP contribution in [0, 0.1) is 11.7 Å². The number of halogens is 1. The molecule has 2 atom stereocenters. The van der Waals surface area contributed by atoms with Crippen molar-refractivity contribution >= 4 is 11.7 Å². The second-order valence-corrected chi connectivity index (χ2v) is 5.68. The Hall–Kier alpha value is -1.58. The van der Waals surface area contributed by atoms with E-state index in [2.05, 4.69) is 4.90 Å². The van der Waals surface area contributed by atoms with E-state index in [-0.39, 0.29) is 18.2 Å². The molecule has 2 fully saturated rings. The molecule has 19 heavy (non-hydrogen) atoms. The first-order valence-electron chi connectivity index (χ1n) is 6.90. The molecule has 2 aliphatic rings. The maximum atomic E-state index is 13.9. The van der Waals surface area contributed by atoms with Crippen molar-refractivity contribution in [1.29, 1.82) is 0 Å². The van der Waals surface area contributed by atoms with Crippen molar-refractivity contribution in [3.8, 4) is 0 Å². The molecule has 0 aliphatic carbocycles. The molecule has 0 spiro atoms. The lowest BCUT2D eigenvalue weighted by Gasteiger charge is -2.40. The van der Waals surface area contributed by atoms with Crippen molar-refractivity contribution in [3.05, 3.63) is 30.1 Å². The number of rotatable bonds is 3. The minimum atomic E-state index is -0.719. The Morgan fingerprint density at radius 1 is 1.26 bits per heavy atom. The molecule has 0 radical (unpaired) electrons. The monoisotopic (exact) mass is 263 g/mol. The zero-order chi connectivity index (χ0) is 13.4. The largest absolute Gasteiger partial charge is 0.481 e. The molecule has 1 N–H and O–H groups in total. The Labute approximate surface area is 112 Å². The molecule has 2 bridgehead atoms. The van der Waals surface area contributed by atoms with Crippen LogP contribution >= 0.6 is 0 Å². The van der Waals surface area contributed by atoms with Crippen LogP contribution in [-0.4, -0.2) is 23.2 Å². The van der Waals surface area contributed by atoms with Gasteiger partial charge in [-0.15, -0.1) is 0 Å². The number of fused-ring (bicyclic) bond motifs is 2. The Bertz CT molecular complexity index is 477.